The van der Waals surface area contributed by atoms with Crippen LogP contribution >= 0.6 is 0 Å². The highest BCUT2D eigenvalue weighted by molar-refractivity contribution is 5.20. The minimum absolute atomic E-state index is 0.167. The van der Waals surface area contributed by atoms with Crippen molar-refractivity contribution in [3.05, 3.63) is 35.6 Å². The minimum atomic E-state index is -0.167. The molecule has 1 fully saturated rings. The SMILES string of the molecule is CCN(CCC(NC)c1cccc(F)c1)CC1CCCO1. The number of ether oxygens (including phenoxy) is 1. The highest BCUT2D eigenvalue weighted by atomic mass is 19.1. The maximum Gasteiger partial charge on any atom is 0.123 e. The van der Waals surface area contributed by atoms with Crippen molar-refractivity contribution in [3.8, 4) is 0 Å². The quantitative estimate of drug-likeness (QED) is 0.798. The molecule has 0 bridgehead atoms. The fourth-order valence-electron chi connectivity index (χ4n) is 2.97. The van der Waals surface area contributed by atoms with Crippen LogP contribution in [-0.4, -0.2) is 44.3 Å². The van der Waals surface area contributed by atoms with Gasteiger partial charge in [0.05, 0.1) is 6.10 Å². The zero-order valence-electron chi connectivity index (χ0n) is 13.1. The van der Waals surface area contributed by atoms with Crippen molar-refractivity contribution in [2.24, 2.45) is 0 Å². The molecule has 118 valence electrons. The molecule has 1 aliphatic rings. The molecule has 0 amide bonds. The third kappa shape index (κ3) is 5.06. The Morgan fingerprint density at radius 3 is 2.95 bits per heavy atom. The van der Waals surface area contributed by atoms with Gasteiger partial charge in [0.2, 0.25) is 0 Å². The zero-order valence-corrected chi connectivity index (χ0v) is 13.1. The average Bonchev–Trinajstić information content (AvgIpc) is 2.99. The number of likely N-dealkylation sites (N-methyl/N-ethyl adjacent to an activating group) is 1. The number of nitrogens with one attached hydrogen (secondary N) is 1. The summed E-state index contributed by atoms with van der Waals surface area (Å²) in [6, 6.07) is 7.07. The van der Waals surface area contributed by atoms with Gasteiger partial charge in [-0.2, -0.15) is 0 Å². The minimum Gasteiger partial charge on any atom is -0.377 e. The highest BCUT2D eigenvalue weighted by Crippen LogP contribution is 2.19. The predicted octanol–water partition coefficient (Wildman–Crippen LogP) is 2.98. The van der Waals surface area contributed by atoms with Crippen LogP contribution in [0, 0.1) is 5.82 Å². The standard InChI is InChI=1S/C17H27FN2O/c1-3-20(13-16-8-5-11-21-16)10-9-17(19-2)14-6-4-7-15(18)12-14/h4,6-7,12,16-17,19H,3,5,8-11,13H2,1-2H3. The molecule has 1 aromatic carbocycles. The predicted molar refractivity (Wildman–Crippen MR) is 83.9 cm³/mol. The van der Waals surface area contributed by atoms with Gasteiger partial charge in [-0.25, -0.2) is 4.39 Å². The molecule has 4 heteroatoms. The molecule has 1 heterocycles. The topological polar surface area (TPSA) is 24.5 Å². The normalized spacial score (nSPS) is 20.1. The molecule has 0 spiro atoms. The van der Waals surface area contributed by atoms with Crippen molar-refractivity contribution in [1.29, 1.82) is 0 Å². The fraction of sp³-hybridized carbons (Fsp3) is 0.647. The molecular weight excluding hydrogens is 267 g/mol. The Morgan fingerprint density at radius 1 is 1.48 bits per heavy atom. The van der Waals surface area contributed by atoms with Crippen molar-refractivity contribution < 1.29 is 9.13 Å². The van der Waals surface area contributed by atoms with Crippen LogP contribution in [0.4, 0.5) is 4.39 Å². The molecule has 1 aliphatic heterocycles. The van der Waals surface area contributed by atoms with E-state index in [-0.39, 0.29) is 11.9 Å². The van der Waals surface area contributed by atoms with E-state index in [0.717, 1.165) is 38.2 Å². The maximum absolute atomic E-state index is 13.3. The van der Waals surface area contributed by atoms with Gasteiger partial charge < -0.3 is 15.0 Å². The number of nitrogens with zero attached hydrogens (tertiary/aromatic N) is 1. The number of halogens is 1. The molecule has 21 heavy (non-hydrogen) atoms. The second kappa shape index (κ2) is 8.47. The van der Waals surface area contributed by atoms with E-state index in [0.29, 0.717) is 6.10 Å². The van der Waals surface area contributed by atoms with Gasteiger partial charge in [0.25, 0.3) is 0 Å². The molecule has 1 saturated heterocycles. The van der Waals surface area contributed by atoms with Crippen LogP contribution in [0.3, 0.4) is 0 Å². The Balaban J connectivity index is 1.85. The Hall–Kier alpha value is -0.970. The summed E-state index contributed by atoms with van der Waals surface area (Å²) < 4.78 is 19.1. The molecule has 2 rings (SSSR count). The summed E-state index contributed by atoms with van der Waals surface area (Å²) in [5.41, 5.74) is 1.02. The van der Waals surface area contributed by atoms with E-state index in [2.05, 4.69) is 17.1 Å². The van der Waals surface area contributed by atoms with E-state index in [1.54, 1.807) is 12.1 Å². The van der Waals surface area contributed by atoms with Crippen LogP contribution in [0.1, 0.15) is 37.8 Å². The van der Waals surface area contributed by atoms with Gasteiger partial charge in [-0.05, 0) is 50.6 Å². The summed E-state index contributed by atoms with van der Waals surface area (Å²) in [4.78, 5) is 2.43. The van der Waals surface area contributed by atoms with Crippen LogP contribution in [0.15, 0.2) is 24.3 Å². The third-order valence-corrected chi connectivity index (χ3v) is 4.27. The fourth-order valence-corrected chi connectivity index (χ4v) is 2.97. The lowest BCUT2D eigenvalue weighted by Gasteiger charge is -2.26. The molecule has 1 aromatic rings. The smallest absolute Gasteiger partial charge is 0.123 e. The first-order chi connectivity index (χ1) is 10.2. The van der Waals surface area contributed by atoms with Gasteiger partial charge in [-0.3, -0.25) is 0 Å². The molecule has 0 aliphatic carbocycles. The summed E-state index contributed by atoms with van der Waals surface area (Å²) in [6.07, 6.45) is 3.73. The Morgan fingerprint density at radius 2 is 2.33 bits per heavy atom. The van der Waals surface area contributed by atoms with Crippen LogP contribution in [0.5, 0.6) is 0 Å². The number of benzene rings is 1. The number of hydrogen-bond acceptors (Lipinski definition) is 3. The lowest BCUT2D eigenvalue weighted by molar-refractivity contribution is 0.0735. The molecule has 3 nitrogen and oxygen atoms in total. The van der Waals surface area contributed by atoms with Gasteiger partial charge in [0, 0.05) is 25.7 Å². The van der Waals surface area contributed by atoms with Gasteiger partial charge in [-0.1, -0.05) is 19.1 Å². The lowest BCUT2D eigenvalue weighted by Crippen LogP contribution is -2.34. The van der Waals surface area contributed by atoms with Crippen molar-refractivity contribution >= 4 is 0 Å². The summed E-state index contributed by atoms with van der Waals surface area (Å²) in [7, 11) is 1.94. The summed E-state index contributed by atoms with van der Waals surface area (Å²) in [5.74, 6) is -0.167. The monoisotopic (exact) mass is 294 g/mol. The van der Waals surface area contributed by atoms with Crippen molar-refractivity contribution in [1.82, 2.24) is 10.2 Å². The third-order valence-electron chi connectivity index (χ3n) is 4.27. The second-order valence-corrected chi connectivity index (χ2v) is 5.71. The van der Waals surface area contributed by atoms with E-state index in [4.69, 9.17) is 4.74 Å². The van der Waals surface area contributed by atoms with Crippen molar-refractivity contribution in [2.75, 3.05) is 33.3 Å². The van der Waals surface area contributed by atoms with Crippen LogP contribution in [0.25, 0.3) is 0 Å². The van der Waals surface area contributed by atoms with E-state index in [1.165, 1.54) is 18.9 Å². The van der Waals surface area contributed by atoms with Crippen LogP contribution in [0.2, 0.25) is 0 Å². The van der Waals surface area contributed by atoms with Gasteiger partial charge in [-0.15, -0.1) is 0 Å². The zero-order chi connectivity index (χ0) is 15.1. The first kappa shape index (κ1) is 16.4. The molecule has 0 saturated carbocycles. The van der Waals surface area contributed by atoms with Gasteiger partial charge in [0.15, 0.2) is 0 Å². The molecule has 2 unspecified atom stereocenters. The van der Waals surface area contributed by atoms with Crippen molar-refractivity contribution in [3.63, 3.8) is 0 Å². The largest absolute Gasteiger partial charge is 0.377 e. The second-order valence-electron chi connectivity index (χ2n) is 5.71. The summed E-state index contributed by atoms with van der Waals surface area (Å²) in [6.45, 7) is 6.13. The molecule has 0 aromatic heterocycles. The Bertz CT molecular complexity index is 421. The molecule has 1 N–H and O–H groups in total. The molecule has 2 atom stereocenters. The Kier molecular flexibility index (Phi) is 6.61. The first-order valence-electron chi connectivity index (χ1n) is 7.99. The van der Waals surface area contributed by atoms with Gasteiger partial charge >= 0.3 is 0 Å². The number of hydrogen-bond donors (Lipinski definition) is 1. The number of rotatable bonds is 8. The average molecular weight is 294 g/mol. The summed E-state index contributed by atoms with van der Waals surface area (Å²) in [5, 5.41) is 3.29. The van der Waals surface area contributed by atoms with E-state index < -0.39 is 0 Å². The molecule has 0 radical (unpaired) electrons. The maximum atomic E-state index is 13.3. The first-order valence-corrected chi connectivity index (χ1v) is 7.99. The van der Waals surface area contributed by atoms with Crippen LogP contribution < -0.4 is 5.32 Å². The van der Waals surface area contributed by atoms with Gasteiger partial charge in [0.1, 0.15) is 5.82 Å². The lowest BCUT2D eigenvalue weighted by atomic mass is 10.0. The summed E-state index contributed by atoms with van der Waals surface area (Å²) >= 11 is 0. The molecular formula is C17H27FN2O. The highest BCUT2D eigenvalue weighted by Gasteiger charge is 2.19. The van der Waals surface area contributed by atoms with Crippen LogP contribution in [-0.2, 0) is 4.74 Å². The van der Waals surface area contributed by atoms with Crippen molar-refractivity contribution in [2.45, 2.75) is 38.3 Å². The van der Waals surface area contributed by atoms with E-state index in [9.17, 15) is 4.39 Å². The Labute approximate surface area is 127 Å². The van der Waals surface area contributed by atoms with E-state index in [1.807, 2.05) is 13.1 Å². The van der Waals surface area contributed by atoms with E-state index >= 15 is 0 Å².